The zero-order chi connectivity index (χ0) is 23.9. The van der Waals surface area contributed by atoms with E-state index in [2.05, 4.69) is 4.74 Å². The molecule has 0 saturated carbocycles. The van der Waals surface area contributed by atoms with Gasteiger partial charge in [-0.3, -0.25) is 29.4 Å². The van der Waals surface area contributed by atoms with E-state index in [1.165, 1.54) is 0 Å². The number of benzene rings is 2. The Balaban J connectivity index is 0.000000303. The molecule has 0 saturated heterocycles. The molecule has 170 valence electrons. The van der Waals surface area contributed by atoms with Crippen LogP contribution in [-0.4, -0.2) is 38.9 Å². The Morgan fingerprint density at radius 1 is 1.38 bits per heavy atom. The Hall–Kier alpha value is -3.86. The maximum Gasteiger partial charge on any atom is 0.293 e. The normalized spacial score (nSPS) is 14.0. The van der Waals surface area contributed by atoms with Crippen molar-refractivity contribution in [2.45, 2.75) is 38.6 Å². The van der Waals surface area contributed by atoms with Gasteiger partial charge in [0.1, 0.15) is 12.4 Å². The molecule has 11 heteroatoms. The van der Waals surface area contributed by atoms with Gasteiger partial charge in [0.2, 0.25) is 5.72 Å². The molecule has 1 unspecified atom stereocenters. The van der Waals surface area contributed by atoms with Gasteiger partial charge in [-0.2, -0.15) is 0 Å². The first-order valence-corrected chi connectivity index (χ1v) is 9.55. The number of fused-ring (bicyclic) bond motifs is 1. The summed E-state index contributed by atoms with van der Waals surface area (Å²) in [6, 6.07) is 11.1. The van der Waals surface area contributed by atoms with Crippen LogP contribution in [0.5, 0.6) is 0 Å². The van der Waals surface area contributed by atoms with Crippen molar-refractivity contribution in [2.24, 2.45) is 5.73 Å². The summed E-state index contributed by atoms with van der Waals surface area (Å²) in [5, 5.41) is 21.4. The van der Waals surface area contributed by atoms with Crippen LogP contribution in [0.4, 0.5) is 10.1 Å². The molecule has 1 heterocycles. The van der Waals surface area contributed by atoms with Crippen molar-refractivity contribution in [2.75, 3.05) is 0 Å². The monoisotopic (exact) mass is 447 g/mol. The summed E-state index contributed by atoms with van der Waals surface area (Å²) in [6.45, 7) is 2.10. The molecule has 10 nitrogen and oxygen atoms in total. The van der Waals surface area contributed by atoms with E-state index in [4.69, 9.17) is 5.73 Å². The van der Waals surface area contributed by atoms with Crippen molar-refractivity contribution in [3.8, 4) is 0 Å². The Kier molecular flexibility index (Phi) is 7.97. The second kappa shape index (κ2) is 10.4. The molecular weight excluding hydrogens is 425 g/mol. The first-order valence-electron chi connectivity index (χ1n) is 9.55. The zero-order valence-corrected chi connectivity index (χ0v) is 17.2. The van der Waals surface area contributed by atoms with Gasteiger partial charge in [-0.15, -0.1) is 0 Å². The minimum atomic E-state index is -2.27. The van der Waals surface area contributed by atoms with Gasteiger partial charge in [-0.25, -0.2) is 4.39 Å². The summed E-state index contributed by atoms with van der Waals surface area (Å²) >= 11 is 0. The number of nitro groups is 1. The largest absolute Gasteiger partial charge is 0.463 e. The number of halogens is 1. The van der Waals surface area contributed by atoms with Crippen LogP contribution >= 0.6 is 0 Å². The maximum atomic E-state index is 13.5. The molecule has 2 aromatic carbocycles. The fourth-order valence-electron chi connectivity index (χ4n) is 3.26. The van der Waals surface area contributed by atoms with Gasteiger partial charge in [-0.1, -0.05) is 43.7 Å². The average Bonchev–Trinajstić information content (AvgIpc) is 3.09. The van der Waals surface area contributed by atoms with Crippen molar-refractivity contribution in [3.63, 3.8) is 0 Å². The third-order valence-corrected chi connectivity index (χ3v) is 4.78. The Bertz CT molecular complexity index is 1020. The molecule has 0 fully saturated rings. The number of carbonyl (C=O) groups excluding carboxylic acids is 3. The molecule has 0 aromatic heterocycles. The van der Waals surface area contributed by atoms with E-state index in [1.807, 2.05) is 30.3 Å². The molecule has 0 spiro atoms. The lowest BCUT2D eigenvalue weighted by atomic mass is 10.1. The molecule has 0 bridgehead atoms. The summed E-state index contributed by atoms with van der Waals surface area (Å²) < 4.78 is 18.0. The number of hydrogen-bond acceptors (Lipinski definition) is 7. The van der Waals surface area contributed by atoms with E-state index in [0.29, 0.717) is 25.6 Å². The van der Waals surface area contributed by atoms with Gasteiger partial charge in [0.25, 0.3) is 24.0 Å². The molecule has 1 aliphatic rings. The van der Waals surface area contributed by atoms with Crippen molar-refractivity contribution in [1.29, 1.82) is 0 Å². The quantitative estimate of drug-likeness (QED) is 0.357. The lowest BCUT2D eigenvalue weighted by Gasteiger charge is -2.33. The highest BCUT2D eigenvalue weighted by Gasteiger charge is 2.48. The third-order valence-electron chi connectivity index (χ3n) is 4.78. The molecule has 2 aromatic rings. The molecule has 1 atom stereocenters. The predicted octanol–water partition coefficient (Wildman–Crippen LogP) is 2.02. The van der Waals surface area contributed by atoms with E-state index in [-0.39, 0.29) is 24.1 Å². The Labute approximate surface area is 182 Å². The molecule has 3 rings (SSSR count). The number of nitro benzene ring substituents is 1. The van der Waals surface area contributed by atoms with E-state index in [0.717, 1.165) is 16.5 Å². The highest BCUT2D eigenvalue weighted by molar-refractivity contribution is 6.02. The van der Waals surface area contributed by atoms with Crippen LogP contribution in [0.1, 0.15) is 41.3 Å². The van der Waals surface area contributed by atoms with Crippen LogP contribution in [0.15, 0.2) is 42.5 Å². The highest BCUT2D eigenvalue weighted by Crippen LogP contribution is 2.36. The van der Waals surface area contributed by atoms with Gasteiger partial charge in [-0.05, 0) is 11.6 Å². The van der Waals surface area contributed by atoms with Crippen LogP contribution in [0.2, 0.25) is 0 Å². The van der Waals surface area contributed by atoms with Gasteiger partial charge in [0, 0.05) is 6.42 Å². The lowest BCUT2D eigenvalue weighted by molar-refractivity contribution is -0.385. The van der Waals surface area contributed by atoms with Gasteiger partial charge < -0.3 is 15.6 Å². The number of hydrogen-bond donors (Lipinski definition) is 2. The van der Waals surface area contributed by atoms with Crippen molar-refractivity contribution in [1.82, 2.24) is 4.90 Å². The predicted molar refractivity (Wildman–Crippen MR) is 109 cm³/mol. The number of aliphatic hydroxyl groups is 1. The van der Waals surface area contributed by atoms with E-state index < -0.39 is 34.0 Å². The molecule has 3 N–H and O–H groups in total. The van der Waals surface area contributed by atoms with E-state index >= 15 is 0 Å². The van der Waals surface area contributed by atoms with Crippen LogP contribution in [0, 0.1) is 15.9 Å². The molecule has 2 amide bonds. The smallest absolute Gasteiger partial charge is 0.293 e. The number of primary amides is 1. The van der Waals surface area contributed by atoms with Gasteiger partial charge >= 0.3 is 0 Å². The summed E-state index contributed by atoms with van der Waals surface area (Å²) in [7, 11) is 0. The second-order valence-corrected chi connectivity index (χ2v) is 6.92. The first-order chi connectivity index (χ1) is 15.2. The minimum absolute atomic E-state index is 0.0489. The Morgan fingerprint density at radius 2 is 2.03 bits per heavy atom. The second-order valence-electron chi connectivity index (χ2n) is 6.92. The standard InChI is InChI=1S/C13H14FN3O5.C8H8O2/c1-2-3-13(20,12(15)19)16-6-9-8(11(16)18)4-7(14)5-10(9)17(21)22;9-7-10-6-8-4-2-1-3-5-8/h4-5,20H,2-3,6H2,1H3,(H2,15,19);1-5,7H,6H2. The molecule has 0 radical (unpaired) electrons. The maximum absolute atomic E-state index is 13.5. The van der Waals surface area contributed by atoms with Gasteiger partial charge in [0.05, 0.1) is 28.7 Å². The van der Waals surface area contributed by atoms with Crippen LogP contribution < -0.4 is 5.73 Å². The van der Waals surface area contributed by atoms with E-state index in [1.54, 1.807) is 6.92 Å². The summed E-state index contributed by atoms with van der Waals surface area (Å²) in [6.07, 6.45) is 0.217. The van der Waals surface area contributed by atoms with Crippen molar-refractivity contribution in [3.05, 3.63) is 75.1 Å². The van der Waals surface area contributed by atoms with Crippen LogP contribution in [0.3, 0.4) is 0 Å². The van der Waals surface area contributed by atoms with Crippen molar-refractivity contribution >= 4 is 24.0 Å². The number of rotatable bonds is 8. The molecular formula is C21H22FN3O7. The Morgan fingerprint density at radius 3 is 2.56 bits per heavy atom. The van der Waals surface area contributed by atoms with E-state index in [9.17, 15) is 34.0 Å². The number of nitrogens with zero attached hydrogens (tertiary/aromatic N) is 2. The SMILES string of the molecule is CCCC(O)(C(N)=O)N1Cc2c(cc(F)cc2[N+](=O)[O-])C1=O.O=COCc1ccccc1. The minimum Gasteiger partial charge on any atom is -0.463 e. The van der Waals surface area contributed by atoms with Crippen LogP contribution in [0.25, 0.3) is 0 Å². The number of ether oxygens (including phenoxy) is 1. The number of amides is 2. The fourth-order valence-corrected chi connectivity index (χ4v) is 3.26. The molecule has 1 aliphatic heterocycles. The highest BCUT2D eigenvalue weighted by atomic mass is 19.1. The average molecular weight is 447 g/mol. The molecule has 32 heavy (non-hydrogen) atoms. The van der Waals surface area contributed by atoms with Gasteiger partial charge in [0.15, 0.2) is 0 Å². The fraction of sp³-hybridized carbons (Fsp3) is 0.286. The summed E-state index contributed by atoms with van der Waals surface area (Å²) in [5.74, 6) is -2.95. The lowest BCUT2D eigenvalue weighted by Crippen LogP contribution is -2.57. The number of nitrogens with two attached hydrogens (primary N) is 1. The summed E-state index contributed by atoms with van der Waals surface area (Å²) in [5.41, 5.74) is 3.04. The van der Waals surface area contributed by atoms with Crippen molar-refractivity contribution < 1.29 is 33.5 Å². The van der Waals surface area contributed by atoms with Crippen LogP contribution in [-0.2, 0) is 27.5 Å². The molecule has 0 aliphatic carbocycles. The summed E-state index contributed by atoms with van der Waals surface area (Å²) in [4.78, 5) is 44.5. The third kappa shape index (κ3) is 5.24. The zero-order valence-electron chi connectivity index (χ0n) is 17.2. The first kappa shape index (κ1) is 24.4. The topological polar surface area (TPSA) is 153 Å². The number of carbonyl (C=O) groups is 3.